The number of carbonyl (C=O) groups excluding carboxylic acids is 1. The molecule has 1 aliphatic carbocycles. The summed E-state index contributed by atoms with van der Waals surface area (Å²) in [7, 11) is 0. The van der Waals surface area contributed by atoms with Crippen LogP contribution in [0.4, 0.5) is 0 Å². The SMILES string of the molecule is C=C(/N=C\C(=C(C)C)c1ccc2cc(-c3c(C4CCCCC4)c4sc(C(=O)O)cc4n3CC(C)=C=O)ccc2n1)OCC.CCCOCCC. The Morgan fingerprint density at radius 3 is 2.42 bits per heavy atom. The van der Waals surface area contributed by atoms with Gasteiger partial charge in [-0.3, -0.25) is 0 Å². The molecule has 0 unspecified atom stereocenters. The Morgan fingerprint density at radius 1 is 1.08 bits per heavy atom. The van der Waals surface area contributed by atoms with Crippen molar-refractivity contribution in [1.82, 2.24) is 9.55 Å². The number of nitrogens with zero attached hydrogens (tertiary/aromatic N) is 3. The number of aromatic carboxylic acids is 1. The van der Waals surface area contributed by atoms with Crippen LogP contribution in [0.25, 0.3) is 38.0 Å². The first-order chi connectivity index (χ1) is 24.1. The van der Waals surface area contributed by atoms with Crippen molar-refractivity contribution in [2.75, 3.05) is 19.8 Å². The molecule has 5 rings (SSSR count). The topological polar surface area (TPSA) is 103 Å². The van der Waals surface area contributed by atoms with Gasteiger partial charge in [-0.2, -0.15) is 0 Å². The van der Waals surface area contributed by atoms with Gasteiger partial charge in [0.15, 0.2) is 0 Å². The summed E-state index contributed by atoms with van der Waals surface area (Å²) in [5.74, 6) is 1.81. The number of thiophene rings is 1. The lowest BCUT2D eigenvalue weighted by Gasteiger charge is -2.23. The molecule has 0 spiro atoms. The van der Waals surface area contributed by atoms with E-state index < -0.39 is 5.97 Å². The second-order valence-electron chi connectivity index (χ2n) is 12.9. The number of pyridine rings is 1. The molecule has 4 aromatic rings. The Hall–Kier alpha value is -4.30. The van der Waals surface area contributed by atoms with Crippen molar-refractivity contribution >= 4 is 56.2 Å². The third-order valence-corrected chi connectivity index (χ3v) is 9.83. The number of carboxylic acid groups (broad SMARTS) is 1. The molecule has 0 aliphatic heterocycles. The van der Waals surface area contributed by atoms with Gasteiger partial charge in [-0.25, -0.2) is 19.6 Å². The van der Waals surface area contributed by atoms with Crippen LogP contribution in [0.3, 0.4) is 0 Å². The highest BCUT2D eigenvalue weighted by molar-refractivity contribution is 7.21. The van der Waals surface area contributed by atoms with Gasteiger partial charge < -0.3 is 19.1 Å². The van der Waals surface area contributed by atoms with Crippen LogP contribution in [-0.2, 0) is 20.8 Å². The number of ether oxygens (including phenoxy) is 2. The van der Waals surface area contributed by atoms with Crippen molar-refractivity contribution in [3.8, 4) is 11.3 Å². The molecule has 8 nitrogen and oxygen atoms in total. The van der Waals surface area contributed by atoms with Gasteiger partial charge in [-0.15, -0.1) is 11.3 Å². The summed E-state index contributed by atoms with van der Waals surface area (Å²) in [4.78, 5) is 33.3. The maximum absolute atomic E-state index is 12.0. The van der Waals surface area contributed by atoms with Gasteiger partial charge in [-0.05, 0) is 101 Å². The largest absolute Gasteiger partial charge is 0.478 e. The lowest BCUT2D eigenvalue weighted by molar-refractivity contribution is 0.0702. The van der Waals surface area contributed by atoms with Crippen molar-refractivity contribution in [2.45, 2.75) is 99.0 Å². The maximum Gasteiger partial charge on any atom is 0.345 e. The average molecular weight is 698 g/mol. The molecule has 0 amide bonds. The number of allylic oxidation sites excluding steroid dienone is 3. The summed E-state index contributed by atoms with van der Waals surface area (Å²) in [6.45, 7) is 18.5. The quantitative estimate of drug-likeness (QED) is 0.0609. The van der Waals surface area contributed by atoms with E-state index in [2.05, 4.69) is 48.2 Å². The summed E-state index contributed by atoms with van der Waals surface area (Å²) >= 11 is 1.34. The van der Waals surface area contributed by atoms with Gasteiger partial charge in [-0.1, -0.05) is 50.8 Å². The molecule has 9 heteroatoms. The standard InChI is InChI=1S/C35H37N3O4S.C6H14O/c1-6-42-23(5)36-18-27(21(2)3)29-15-12-25-16-26(13-14-28(25)37-29)33-32(24-10-8-7-9-11-24)34-30(17-31(43-34)35(40)41)38(33)19-22(4)20-39;1-3-5-7-6-4-2/h12-18,24H,5-11,19H2,1-4H3,(H,40,41);3-6H2,1-2H3/b36-18-;. The number of carbonyl (C=O) groups is 1. The molecule has 0 radical (unpaired) electrons. The molecule has 3 aromatic heterocycles. The van der Waals surface area contributed by atoms with Gasteiger partial charge in [0, 0.05) is 36.0 Å². The lowest BCUT2D eigenvalue weighted by Crippen LogP contribution is -2.08. The van der Waals surface area contributed by atoms with Crippen LogP contribution in [0.5, 0.6) is 0 Å². The zero-order valence-corrected chi connectivity index (χ0v) is 31.3. The third kappa shape index (κ3) is 9.48. The monoisotopic (exact) mass is 697 g/mol. The van der Waals surface area contributed by atoms with Gasteiger partial charge in [0.1, 0.15) is 10.8 Å². The molecular formula is C41H51N3O5S. The van der Waals surface area contributed by atoms with Gasteiger partial charge >= 0.3 is 5.97 Å². The number of hydrogen-bond donors (Lipinski definition) is 1. The van der Waals surface area contributed by atoms with Crippen LogP contribution in [0.1, 0.15) is 113 Å². The molecule has 1 saturated carbocycles. The fourth-order valence-corrected chi connectivity index (χ4v) is 7.50. The maximum atomic E-state index is 12.0. The minimum atomic E-state index is -0.929. The zero-order chi connectivity index (χ0) is 36.2. The molecule has 1 aliphatic rings. The van der Waals surface area contributed by atoms with Crippen molar-refractivity contribution < 1.29 is 24.2 Å². The van der Waals surface area contributed by atoms with Crippen LogP contribution in [0.2, 0.25) is 0 Å². The van der Waals surface area contributed by atoms with E-state index in [4.69, 9.17) is 14.5 Å². The first-order valence-electron chi connectivity index (χ1n) is 17.8. The van der Waals surface area contributed by atoms with Crippen LogP contribution < -0.4 is 0 Å². The zero-order valence-electron chi connectivity index (χ0n) is 30.4. The second-order valence-corrected chi connectivity index (χ2v) is 14.0. The Balaban J connectivity index is 0.000000727. The highest BCUT2D eigenvalue weighted by atomic mass is 32.1. The molecule has 50 heavy (non-hydrogen) atoms. The Morgan fingerprint density at radius 2 is 1.80 bits per heavy atom. The summed E-state index contributed by atoms with van der Waals surface area (Å²) in [5, 5.41) is 10.8. The molecule has 0 bridgehead atoms. The van der Waals surface area contributed by atoms with E-state index >= 15 is 0 Å². The van der Waals surface area contributed by atoms with E-state index in [-0.39, 0.29) is 0 Å². The molecule has 1 fully saturated rings. The number of carboxylic acids is 1. The Bertz CT molecular complexity index is 1910. The fourth-order valence-electron chi connectivity index (χ4n) is 6.37. The lowest BCUT2D eigenvalue weighted by atomic mass is 9.83. The average Bonchev–Trinajstić information content (AvgIpc) is 3.67. The second kappa shape index (κ2) is 18.6. The predicted octanol–water partition coefficient (Wildman–Crippen LogP) is 10.6. The molecule has 0 saturated heterocycles. The van der Waals surface area contributed by atoms with Crippen LogP contribution in [0.15, 0.2) is 65.0 Å². The first-order valence-corrected chi connectivity index (χ1v) is 18.6. The summed E-state index contributed by atoms with van der Waals surface area (Å²) < 4.78 is 13.6. The number of aliphatic imine (C=N–C) groups is 1. The summed E-state index contributed by atoms with van der Waals surface area (Å²) in [6.07, 6.45) is 9.68. The first kappa shape index (κ1) is 38.5. The number of benzene rings is 1. The predicted molar refractivity (Wildman–Crippen MR) is 207 cm³/mol. The molecule has 1 N–H and O–H groups in total. The van der Waals surface area contributed by atoms with Crippen molar-refractivity contribution in [3.63, 3.8) is 0 Å². The van der Waals surface area contributed by atoms with Gasteiger partial charge in [0.2, 0.25) is 5.88 Å². The molecule has 3 heterocycles. The van der Waals surface area contributed by atoms with Crippen molar-refractivity contribution in [3.05, 3.63) is 76.1 Å². The highest BCUT2D eigenvalue weighted by Gasteiger charge is 2.29. The molecular weight excluding hydrogens is 647 g/mol. The summed E-state index contributed by atoms with van der Waals surface area (Å²) in [5.41, 5.74) is 8.36. The third-order valence-electron chi connectivity index (χ3n) is 8.69. The van der Waals surface area contributed by atoms with Crippen molar-refractivity contribution in [1.29, 1.82) is 0 Å². The van der Waals surface area contributed by atoms with E-state index in [1.165, 1.54) is 23.3 Å². The smallest absolute Gasteiger partial charge is 0.345 e. The number of aromatic nitrogens is 2. The minimum Gasteiger partial charge on any atom is -0.478 e. The normalized spacial score (nSPS) is 13.2. The van der Waals surface area contributed by atoms with E-state index in [1.54, 1.807) is 19.2 Å². The van der Waals surface area contributed by atoms with Gasteiger partial charge in [0.05, 0.1) is 40.3 Å². The van der Waals surface area contributed by atoms with Crippen LogP contribution in [0, 0.1) is 0 Å². The fraction of sp³-hybridized carbons (Fsp3) is 0.439. The molecule has 266 valence electrons. The van der Waals surface area contributed by atoms with Crippen molar-refractivity contribution in [2.24, 2.45) is 4.99 Å². The van der Waals surface area contributed by atoms with Gasteiger partial charge in [0.25, 0.3) is 0 Å². The Labute approximate surface area is 300 Å². The Kier molecular flexibility index (Phi) is 14.3. The highest BCUT2D eigenvalue weighted by Crippen LogP contribution is 2.47. The van der Waals surface area contributed by atoms with E-state index in [0.717, 1.165) is 101 Å². The minimum absolute atomic E-state index is 0.314. The number of rotatable bonds is 14. The van der Waals surface area contributed by atoms with E-state index in [1.807, 2.05) is 38.8 Å². The number of hydrogen-bond acceptors (Lipinski definition) is 7. The molecule has 1 aromatic carbocycles. The van der Waals surface area contributed by atoms with E-state index in [9.17, 15) is 14.7 Å². The van der Waals surface area contributed by atoms with E-state index in [0.29, 0.717) is 35.4 Å². The molecule has 0 atom stereocenters. The van der Waals surface area contributed by atoms with Crippen LogP contribution >= 0.6 is 11.3 Å². The summed E-state index contributed by atoms with van der Waals surface area (Å²) in [6, 6.07) is 12.1. The number of fused-ring (bicyclic) bond motifs is 2. The van der Waals surface area contributed by atoms with Crippen LogP contribution in [-0.4, -0.2) is 52.6 Å².